The second kappa shape index (κ2) is 6.74. The van der Waals surface area contributed by atoms with Crippen molar-refractivity contribution < 1.29 is 0 Å². The standard InChI is InChI=1S/C11H14BrCl2N/c1-2-10(6-13)15-7-8-3-4-9(12)5-11(8)14/h3-5,10,15H,2,6-7H2,1H3. The van der Waals surface area contributed by atoms with E-state index in [0.29, 0.717) is 11.9 Å². The molecule has 0 spiro atoms. The van der Waals surface area contributed by atoms with Gasteiger partial charge in [-0.1, -0.05) is 40.5 Å². The molecule has 84 valence electrons. The molecule has 1 aromatic rings. The molecule has 0 saturated heterocycles. The van der Waals surface area contributed by atoms with Gasteiger partial charge >= 0.3 is 0 Å². The molecule has 1 aromatic carbocycles. The average Bonchev–Trinajstić information content (AvgIpc) is 2.22. The first-order valence-electron chi connectivity index (χ1n) is 4.90. The summed E-state index contributed by atoms with van der Waals surface area (Å²) in [7, 11) is 0. The van der Waals surface area contributed by atoms with E-state index in [1.54, 1.807) is 0 Å². The summed E-state index contributed by atoms with van der Waals surface area (Å²) in [5, 5.41) is 4.14. The maximum absolute atomic E-state index is 6.10. The Hall–Kier alpha value is 0.240. The fourth-order valence-electron chi connectivity index (χ4n) is 1.23. The molecule has 0 bridgehead atoms. The lowest BCUT2D eigenvalue weighted by molar-refractivity contribution is 0.539. The molecule has 1 nitrogen and oxygen atoms in total. The Balaban J connectivity index is 2.57. The molecule has 0 aliphatic rings. The third-order valence-corrected chi connectivity index (χ3v) is 3.49. The average molecular weight is 311 g/mol. The predicted molar refractivity (Wildman–Crippen MR) is 70.8 cm³/mol. The van der Waals surface area contributed by atoms with Crippen molar-refractivity contribution in [2.45, 2.75) is 25.9 Å². The minimum Gasteiger partial charge on any atom is -0.309 e. The maximum Gasteiger partial charge on any atom is 0.0462 e. The summed E-state index contributed by atoms with van der Waals surface area (Å²) in [6.45, 7) is 2.88. The number of benzene rings is 1. The van der Waals surface area contributed by atoms with Crippen LogP contribution in [0.3, 0.4) is 0 Å². The van der Waals surface area contributed by atoms with Gasteiger partial charge in [-0.2, -0.15) is 0 Å². The van der Waals surface area contributed by atoms with Crippen molar-refractivity contribution in [3.05, 3.63) is 33.3 Å². The minimum atomic E-state index is 0.353. The second-order valence-electron chi connectivity index (χ2n) is 3.38. The van der Waals surface area contributed by atoms with E-state index in [2.05, 4.69) is 28.2 Å². The molecular formula is C11H14BrCl2N. The zero-order valence-corrected chi connectivity index (χ0v) is 11.7. The zero-order chi connectivity index (χ0) is 11.3. The number of nitrogens with one attached hydrogen (secondary N) is 1. The topological polar surface area (TPSA) is 12.0 Å². The van der Waals surface area contributed by atoms with Crippen molar-refractivity contribution in [2.24, 2.45) is 0 Å². The van der Waals surface area contributed by atoms with E-state index in [9.17, 15) is 0 Å². The van der Waals surface area contributed by atoms with Crippen molar-refractivity contribution >= 4 is 39.1 Å². The number of halogens is 3. The van der Waals surface area contributed by atoms with E-state index in [1.807, 2.05) is 18.2 Å². The molecule has 0 aliphatic heterocycles. The van der Waals surface area contributed by atoms with Gasteiger partial charge in [0.25, 0.3) is 0 Å². The lowest BCUT2D eigenvalue weighted by Gasteiger charge is -2.14. The van der Waals surface area contributed by atoms with Crippen LogP contribution in [-0.2, 0) is 6.54 Å². The van der Waals surface area contributed by atoms with Gasteiger partial charge in [-0.25, -0.2) is 0 Å². The van der Waals surface area contributed by atoms with E-state index in [1.165, 1.54) is 0 Å². The molecule has 0 aliphatic carbocycles. The summed E-state index contributed by atoms with van der Waals surface area (Å²) in [5.74, 6) is 0.630. The summed E-state index contributed by atoms with van der Waals surface area (Å²) < 4.78 is 1.00. The second-order valence-corrected chi connectivity index (χ2v) is 5.01. The molecular weight excluding hydrogens is 297 g/mol. The van der Waals surface area contributed by atoms with Crippen molar-refractivity contribution in [3.8, 4) is 0 Å². The molecule has 1 unspecified atom stereocenters. The molecule has 0 heterocycles. The Bertz CT molecular complexity index is 313. The third kappa shape index (κ3) is 4.31. The van der Waals surface area contributed by atoms with Crippen LogP contribution in [0, 0.1) is 0 Å². The summed E-state index contributed by atoms with van der Waals surface area (Å²) in [5.41, 5.74) is 1.10. The van der Waals surface area contributed by atoms with E-state index in [0.717, 1.165) is 28.0 Å². The van der Waals surface area contributed by atoms with Crippen LogP contribution in [0.4, 0.5) is 0 Å². The first-order valence-corrected chi connectivity index (χ1v) is 6.61. The van der Waals surface area contributed by atoms with Crippen LogP contribution >= 0.6 is 39.1 Å². The van der Waals surface area contributed by atoms with Crippen molar-refractivity contribution in [3.63, 3.8) is 0 Å². The molecule has 0 aromatic heterocycles. The molecule has 0 fully saturated rings. The molecule has 15 heavy (non-hydrogen) atoms. The number of rotatable bonds is 5. The van der Waals surface area contributed by atoms with Crippen LogP contribution in [0.5, 0.6) is 0 Å². The van der Waals surface area contributed by atoms with Crippen molar-refractivity contribution in [2.75, 3.05) is 5.88 Å². The fraction of sp³-hybridized carbons (Fsp3) is 0.455. The lowest BCUT2D eigenvalue weighted by atomic mass is 10.2. The van der Waals surface area contributed by atoms with Gasteiger partial charge in [0.2, 0.25) is 0 Å². The largest absolute Gasteiger partial charge is 0.309 e. The summed E-state index contributed by atoms with van der Waals surface area (Å²) in [6, 6.07) is 6.26. The molecule has 1 rings (SSSR count). The molecule has 4 heteroatoms. The molecule has 0 amide bonds. The van der Waals surface area contributed by atoms with Crippen molar-refractivity contribution in [1.82, 2.24) is 5.32 Å². The Morgan fingerprint density at radius 3 is 2.73 bits per heavy atom. The normalized spacial score (nSPS) is 12.8. The van der Waals surface area contributed by atoms with Crippen LogP contribution in [0.2, 0.25) is 5.02 Å². The SMILES string of the molecule is CCC(CCl)NCc1ccc(Br)cc1Cl. The highest BCUT2D eigenvalue weighted by atomic mass is 79.9. The molecule has 0 radical (unpaired) electrons. The van der Waals surface area contributed by atoms with Crippen LogP contribution < -0.4 is 5.32 Å². The number of hydrogen-bond acceptors (Lipinski definition) is 1. The van der Waals surface area contributed by atoms with Gasteiger partial charge in [0, 0.05) is 28.0 Å². The van der Waals surface area contributed by atoms with Crippen LogP contribution in [-0.4, -0.2) is 11.9 Å². The van der Waals surface area contributed by atoms with Crippen molar-refractivity contribution in [1.29, 1.82) is 0 Å². The van der Waals surface area contributed by atoms with Gasteiger partial charge in [-0.05, 0) is 24.1 Å². The van der Waals surface area contributed by atoms with E-state index in [4.69, 9.17) is 23.2 Å². The number of hydrogen-bond donors (Lipinski definition) is 1. The fourth-order valence-corrected chi connectivity index (χ4v) is 2.29. The predicted octanol–water partition coefficient (Wildman–Crippen LogP) is 4.21. The Morgan fingerprint density at radius 2 is 2.20 bits per heavy atom. The Labute approximate surface area is 109 Å². The summed E-state index contributed by atoms with van der Waals surface area (Å²) in [4.78, 5) is 0. The quantitative estimate of drug-likeness (QED) is 0.803. The van der Waals surface area contributed by atoms with Gasteiger partial charge in [-0.15, -0.1) is 11.6 Å². The van der Waals surface area contributed by atoms with Gasteiger partial charge in [0.1, 0.15) is 0 Å². The Kier molecular flexibility index (Phi) is 5.98. The van der Waals surface area contributed by atoms with E-state index < -0.39 is 0 Å². The number of alkyl halides is 1. The van der Waals surface area contributed by atoms with E-state index >= 15 is 0 Å². The molecule has 1 N–H and O–H groups in total. The first kappa shape index (κ1) is 13.3. The highest BCUT2D eigenvalue weighted by Crippen LogP contribution is 2.21. The Morgan fingerprint density at radius 1 is 1.47 bits per heavy atom. The monoisotopic (exact) mass is 309 g/mol. The lowest BCUT2D eigenvalue weighted by Crippen LogP contribution is -2.29. The minimum absolute atomic E-state index is 0.353. The highest BCUT2D eigenvalue weighted by molar-refractivity contribution is 9.10. The van der Waals surface area contributed by atoms with Gasteiger partial charge < -0.3 is 5.32 Å². The highest BCUT2D eigenvalue weighted by Gasteiger charge is 2.05. The summed E-state index contributed by atoms with van der Waals surface area (Å²) >= 11 is 15.3. The molecule has 1 atom stereocenters. The zero-order valence-electron chi connectivity index (χ0n) is 8.56. The van der Waals surface area contributed by atoms with Crippen LogP contribution in [0.1, 0.15) is 18.9 Å². The third-order valence-electron chi connectivity index (χ3n) is 2.28. The van der Waals surface area contributed by atoms with Gasteiger partial charge in [0.15, 0.2) is 0 Å². The maximum atomic E-state index is 6.10. The van der Waals surface area contributed by atoms with Gasteiger partial charge in [-0.3, -0.25) is 0 Å². The summed E-state index contributed by atoms with van der Waals surface area (Å²) in [6.07, 6.45) is 1.03. The smallest absolute Gasteiger partial charge is 0.0462 e. The van der Waals surface area contributed by atoms with Crippen LogP contribution in [0.25, 0.3) is 0 Å². The van der Waals surface area contributed by atoms with Crippen LogP contribution in [0.15, 0.2) is 22.7 Å². The van der Waals surface area contributed by atoms with E-state index in [-0.39, 0.29) is 0 Å². The first-order chi connectivity index (χ1) is 7.17. The van der Waals surface area contributed by atoms with Gasteiger partial charge in [0.05, 0.1) is 0 Å². The molecule has 0 saturated carbocycles.